The van der Waals surface area contributed by atoms with Gasteiger partial charge in [0.15, 0.2) is 0 Å². The zero-order valence-electron chi connectivity index (χ0n) is 24.9. The Morgan fingerprint density at radius 1 is 1.00 bits per heavy atom. The van der Waals surface area contributed by atoms with E-state index in [-0.39, 0.29) is 71.7 Å². The van der Waals surface area contributed by atoms with E-state index in [1.165, 1.54) is 0 Å². The first-order valence-electron chi connectivity index (χ1n) is 14.9. The first-order chi connectivity index (χ1) is 17.5. The molecule has 10 heteroatoms. The molecule has 0 amide bonds. The second-order valence-corrected chi connectivity index (χ2v) is 15.4. The van der Waals surface area contributed by atoms with E-state index in [1.54, 1.807) is 0 Å². The van der Waals surface area contributed by atoms with Gasteiger partial charge in [-0.05, 0) is 98.2 Å². The normalized spacial score (nSPS) is 45.6. The number of hydrogen-bond acceptors (Lipinski definition) is 8. The molecule has 8 nitrogen and oxygen atoms in total. The van der Waals surface area contributed by atoms with Crippen LogP contribution in [0.5, 0.6) is 0 Å². The summed E-state index contributed by atoms with van der Waals surface area (Å²) < 4.78 is 37.0. The average Bonchev–Trinajstić information content (AvgIpc) is 3.08. The maximum absolute atomic E-state index is 11.7. The van der Waals surface area contributed by atoms with Crippen LogP contribution in [-0.2, 0) is 14.6 Å². The third-order valence-corrected chi connectivity index (χ3v) is 12.7. The molecule has 39 heavy (non-hydrogen) atoms. The summed E-state index contributed by atoms with van der Waals surface area (Å²) in [5.41, 5.74) is -1.80. The summed E-state index contributed by atoms with van der Waals surface area (Å²) in [6.07, 6.45) is 5.19. The summed E-state index contributed by atoms with van der Waals surface area (Å²) >= 11 is 0. The fraction of sp³-hybridized carbons (Fsp3) is 1.00. The van der Waals surface area contributed by atoms with Crippen molar-refractivity contribution >= 4 is 10.4 Å². The van der Waals surface area contributed by atoms with Gasteiger partial charge in [-0.2, -0.15) is 0 Å². The van der Waals surface area contributed by atoms with Gasteiger partial charge in [0, 0.05) is 11.8 Å². The third kappa shape index (κ3) is 6.34. The summed E-state index contributed by atoms with van der Waals surface area (Å²) in [6.45, 7) is 10.8. The van der Waals surface area contributed by atoms with Crippen molar-refractivity contribution in [2.75, 3.05) is 6.61 Å². The average molecular weight is 583 g/mol. The SMILES string of the molecule is CC(C)[C@@H](CCOS(=O)(=O)[O-])CC[C@@H](C)[C@H]1C[C@H](O)C2C3C[C@@H](O)[C@@]4(O)C[C@@H](O)CC[C@]4(C)C3CC[C@@]21C.[Na+]. The molecule has 4 aliphatic carbocycles. The Hall–Kier alpha value is 0.710. The van der Waals surface area contributed by atoms with Crippen LogP contribution in [0.1, 0.15) is 98.8 Å². The largest absolute Gasteiger partial charge is 1.00 e. The topological polar surface area (TPSA) is 147 Å². The van der Waals surface area contributed by atoms with Gasteiger partial charge in [-0.3, -0.25) is 4.18 Å². The monoisotopic (exact) mass is 582 g/mol. The van der Waals surface area contributed by atoms with Gasteiger partial charge in [-0.1, -0.05) is 41.0 Å². The third-order valence-electron chi connectivity index (χ3n) is 12.2. The van der Waals surface area contributed by atoms with Gasteiger partial charge in [0.2, 0.25) is 10.4 Å². The maximum atomic E-state index is 11.7. The summed E-state index contributed by atoms with van der Waals surface area (Å²) in [4.78, 5) is 0. The Labute approximate surface area is 257 Å². The van der Waals surface area contributed by atoms with Crippen molar-refractivity contribution < 1.29 is 67.1 Å². The first-order valence-corrected chi connectivity index (χ1v) is 16.2. The number of rotatable bonds is 9. The van der Waals surface area contributed by atoms with Crippen molar-refractivity contribution in [3.63, 3.8) is 0 Å². The van der Waals surface area contributed by atoms with Crippen molar-refractivity contribution in [2.45, 2.75) is 123 Å². The second-order valence-electron chi connectivity index (χ2n) is 14.3. The van der Waals surface area contributed by atoms with Gasteiger partial charge >= 0.3 is 29.6 Å². The van der Waals surface area contributed by atoms with Crippen LogP contribution in [0.2, 0.25) is 0 Å². The Morgan fingerprint density at radius 2 is 1.67 bits per heavy atom. The van der Waals surface area contributed by atoms with Gasteiger partial charge in [-0.25, -0.2) is 8.42 Å². The predicted octanol–water partition coefficient (Wildman–Crippen LogP) is 0.622. The summed E-state index contributed by atoms with van der Waals surface area (Å²) in [7, 11) is -4.67. The second kappa shape index (κ2) is 12.4. The number of hydrogen-bond donors (Lipinski definition) is 4. The van der Waals surface area contributed by atoms with Gasteiger partial charge in [0.1, 0.15) is 0 Å². The van der Waals surface area contributed by atoms with Crippen LogP contribution in [0, 0.1) is 52.3 Å². The van der Waals surface area contributed by atoms with Crippen LogP contribution < -0.4 is 29.6 Å². The summed E-state index contributed by atoms with van der Waals surface area (Å²) in [5.74, 6) is 1.73. The van der Waals surface area contributed by atoms with Crippen LogP contribution in [0.25, 0.3) is 0 Å². The predicted molar refractivity (Wildman–Crippen MR) is 142 cm³/mol. The molecule has 4 saturated carbocycles. The molecular formula is C29H51NaO8S. The zero-order valence-corrected chi connectivity index (χ0v) is 27.7. The first kappa shape index (κ1) is 34.2. The standard InChI is InChI=1S/C29H52O8S.Na/c1-17(2)19(10-13-37-38(34,35)36)7-6-18(3)23-15-24(31)26-21-14-25(32)29(33)16-20(30)8-12-28(29,5)22(21)9-11-27(23,26)4;/h17-26,30-33H,6-16H2,1-5H3,(H,34,35,36);/q;+1/p-1/t18-,19-,20+,21?,22?,23-,24+,25-,26?,27-,28-,29+;/m1./s1. The van der Waals surface area contributed by atoms with Gasteiger partial charge < -0.3 is 25.0 Å². The molecule has 4 aliphatic rings. The Bertz CT molecular complexity index is 948. The van der Waals surface area contributed by atoms with E-state index < -0.39 is 39.7 Å². The van der Waals surface area contributed by atoms with Crippen molar-refractivity contribution in [1.82, 2.24) is 0 Å². The van der Waals surface area contributed by atoms with Crippen LogP contribution in [-0.4, -0.2) is 63.9 Å². The molecule has 0 aromatic carbocycles. The molecule has 12 atom stereocenters. The Kier molecular flexibility index (Phi) is 10.8. The molecule has 0 aromatic heterocycles. The quantitative estimate of drug-likeness (QED) is 0.176. The molecule has 0 saturated heterocycles. The van der Waals surface area contributed by atoms with E-state index in [0.29, 0.717) is 43.4 Å². The van der Waals surface area contributed by atoms with Crippen molar-refractivity contribution in [3.05, 3.63) is 0 Å². The molecule has 0 bridgehead atoms. The smallest absolute Gasteiger partial charge is 0.726 e. The zero-order chi connectivity index (χ0) is 28.3. The van der Waals surface area contributed by atoms with E-state index in [4.69, 9.17) is 0 Å². The summed E-state index contributed by atoms with van der Waals surface area (Å²) in [6, 6.07) is 0. The van der Waals surface area contributed by atoms with E-state index in [0.717, 1.165) is 32.1 Å². The molecule has 0 aromatic rings. The van der Waals surface area contributed by atoms with Crippen LogP contribution in [0.15, 0.2) is 0 Å². The maximum Gasteiger partial charge on any atom is 1.00 e. The number of aliphatic hydroxyl groups excluding tert-OH is 3. The van der Waals surface area contributed by atoms with E-state index in [9.17, 15) is 33.4 Å². The molecule has 0 spiro atoms. The molecule has 0 heterocycles. The van der Waals surface area contributed by atoms with Gasteiger partial charge in [0.05, 0.1) is 30.5 Å². The minimum Gasteiger partial charge on any atom is -0.726 e. The van der Waals surface area contributed by atoms with Gasteiger partial charge in [0.25, 0.3) is 0 Å². The fourth-order valence-electron chi connectivity index (χ4n) is 10.0. The van der Waals surface area contributed by atoms with Crippen LogP contribution in [0.3, 0.4) is 0 Å². The molecule has 4 fully saturated rings. The molecule has 3 unspecified atom stereocenters. The van der Waals surface area contributed by atoms with Crippen molar-refractivity contribution in [2.24, 2.45) is 52.3 Å². The Balaban J connectivity index is 0.00000420. The van der Waals surface area contributed by atoms with Crippen molar-refractivity contribution in [1.29, 1.82) is 0 Å². The molecule has 222 valence electrons. The molecule has 4 N–H and O–H groups in total. The number of aliphatic hydroxyl groups is 4. The minimum atomic E-state index is -4.67. The number of fused-ring (bicyclic) bond motifs is 5. The van der Waals surface area contributed by atoms with E-state index in [2.05, 4.69) is 38.8 Å². The molecule has 0 radical (unpaired) electrons. The Morgan fingerprint density at radius 3 is 2.28 bits per heavy atom. The van der Waals surface area contributed by atoms with Gasteiger partial charge in [-0.15, -0.1) is 0 Å². The van der Waals surface area contributed by atoms with Crippen LogP contribution in [0.4, 0.5) is 0 Å². The molecule has 0 aliphatic heterocycles. The van der Waals surface area contributed by atoms with Crippen molar-refractivity contribution in [3.8, 4) is 0 Å². The fourth-order valence-corrected chi connectivity index (χ4v) is 10.3. The van der Waals surface area contributed by atoms with Crippen LogP contribution >= 0.6 is 0 Å². The minimum absolute atomic E-state index is 0. The summed E-state index contributed by atoms with van der Waals surface area (Å²) in [5, 5.41) is 44.7. The molecule has 4 rings (SSSR count). The molecular weight excluding hydrogens is 531 g/mol. The van der Waals surface area contributed by atoms with E-state index in [1.807, 2.05) is 0 Å². The van der Waals surface area contributed by atoms with E-state index >= 15 is 0 Å².